The number of rotatable bonds is 3. The van der Waals surface area contributed by atoms with Crippen molar-refractivity contribution in [3.63, 3.8) is 0 Å². The van der Waals surface area contributed by atoms with Crippen molar-refractivity contribution in [3.05, 3.63) is 58.1 Å². The van der Waals surface area contributed by atoms with E-state index in [1.807, 2.05) is 0 Å². The molecule has 0 atom stereocenters. The number of nitrogens with zero attached hydrogens (tertiary/aromatic N) is 1. The first-order valence-corrected chi connectivity index (χ1v) is 6.07. The Kier molecular flexibility index (Phi) is 4.14. The van der Waals surface area contributed by atoms with Gasteiger partial charge in [-0.3, -0.25) is 0 Å². The van der Waals surface area contributed by atoms with Crippen molar-refractivity contribution in [1.29, 1.82) is 0 Å². The maximum Gasteiger partial charge on any atom is 0.175 e. The third kappa shape index (κ3) is 3.10. The minimum Gasteiger partial charge on any atom is -0.456 e. The molecular weight excluding hydrogens is 287 g/mol. The molecule has 0 amide bonds. The Morgan fingerprint density at radius 3 is 2.58 bits per heavy atom. The molecule has 4 nitrogen and oxygen atoms in total. The van der Waals surface area contributed by atoms with Gasteiger partial charge in [0.05, 0.1) is 10.6 Å². The van der Waals surface area contributed by atoms with E-state index in [4.69, 9.17) is 38.9 Å². The molecule has 2 rings (SSSR count). The molecule has 3 N–H and O–H groups in total. The van der Waals surface area contributed by atoms with Crippen LogP contribution in [0.5, 0.6) is 11.5 Å². The maximum absolute atomic E-state index is 8.77. The van der Waals surface area contributed by atoms with E-state index in [0.717, 1.165) is 0 Å². The van der Waals surface area contributed by atoms with Crippen LogP contribution in [0, 0.1) is 0 Å². The highest BCUT2D eigenvalue weighted by molar-refractivity contribution is 6.34. The SMILES string of the molecule is NC(=NO)c1c(Cl)cccc1Oc1cccc(Cl)c1. The van der Waals surface area contributed by atoms with Gasteiger partial charge in [0.25, 0.3) is 0 Å². The van der Waals surface area contributed by atoms with Crippen LogP contribution in [-0.2, 0) is 0 Å². The van der Waals surface area contributed by atoms with Gasteiger partial charge in [0.2, 0.25) is 0 Å². The van der Waals surface area contributed by atoms with Crippen molar-refractivity contribution in [2.24, 2.45) is 10.9 Å². The van der Waals surface area contributed by atoms with E-state index in [1.54, 1.807) is 42.5 Å². The van der Waals surface area contributed by atoms with Crippen molar-refractivity contribution < 1.29 is 9.94 Å². The molecule has 0 unspecified atom stereocenters. The Labute approximate surface area is 120 Å². The van der Waals surface area contributed by atoms with Crippen molar-refractivity contribution in [2.75, 3.05) is 0 Å². The number of halogens is 2. The summed E-state index contributed by atoms with van der Waals surface area (Å²) in [5, 5.41) is 12.6. The van der Waals surface area contributed by atoms with Crippen molar-refractivity contribution in [2.45, 2.75) is 0 Å². The van der Waals surface area contributed by atoms with Gasteiger partial charge in [0, 0.05) is 5.02 Å². The third-order valence-electron chi connectivity index (χ3n) is 2.36. The minimum absolute atomic E-state index is 0.123. The zero-order valence-corrected chi connectivity index (χ0v) is 11.2. The van der Waals surface area contributed by atoms with Crippen molar-refractivity contribution >= 4 is 29.0 Å². The van der Waals surface area contributed by atoms with Gasteiger partial charge in [-0.15, -0.1) is 0 Å². The first kappa shape index (κ1) is 13.5. The standard InChI is InChI=1S/C13H10Cl2N2O2/c14-8-3-1-4-9(7-8)19-11-6-2-5-10(15)12(11)13(16)17-18/h1-7,18H,(H2,16,17). The van der Waals surface area contributed by atoms with E-state index in [-0.39, 0.29) is 5.84 Å². The van der Waals surface area contributed by atoms with E-state index < -0.39 is 0 Å². The number of hydrogen-bond donors (Lipinski definition) is 2. The fourth-order valence-electron chi connectivity index (χ4n) is 1.55. The van der Waals surface area contributed by atoms with Gasteiger partial charge in [0.1, 0.15) is 11.5 Å². The van der Waals surface area contributed by atoms with Crippen LogP contribution >= 0.6 is 23.2 Å². The van der Waals surface area contributed by atoms with Crippen LogP contribution in [0.25, 0.3) is 0 Å². The van der Waals surface area contributed by atoms with E-state index in [2.05, 4.69) is 5.16 Å². The second kappa shape index (κ2) is 5.82. The molecule has 6 heteroatoms. The predicted octanol–water partition coefficient (Wildman–Crippen LogP) is 3.88. The zero-order chi connectivity index (χ0) is 13.8. The highest BCUT2D eigenvalue weighted by Gasteiger charge is 2.13. The zero-order valence-electron chi connectivity index (χ0n) is 9.68. The molecule has 0 spiro atoms. The lowest BCUT2D eigenvalue weighted by molar-refractivity contribution is 0.318. The van der Waals surface area contributed by atoms with Crippen LogP contribution in [0.1, 0.15) is 5.56 Å². The van der Waals surface area contributed by atoms with E-state index >= 15 is 0 Å². The van der Waals surface area contributed by atoms with E-state index in [0.29, 0.717) is 27.1 Å². The fraction of sp³-hybridized carbons (Fsp3) is 0. The second-order valence-corrected chi connectivity index (χ2v) is 4.50. The summed E-state index contributed by atoms with van der Waals surface area (Å²) >= 11 is 11.9. The molecule has 0 aliphatic carbocycles. The monoisotopic (exact) mass is 296 g/mol. The summed E-state index contributed by atoms with van der Waals surface area (Å²) in [5.41, 5.74) is 5.91. The Balaban J connectivity index is 2.43. The van der Waals surface area contributed by atoms with E-state index in [1.165, 1.54) is 0 Å². The topological polar surface area (TPSA) is 67.8 Å². The van der Waals surface area contributed by atoms with Crippen LogP contribution in [0.15, 0.2) is 47.6 Å². The van der Waals surface area contributed by atoms with Crippen molar-refractivity contribution in [1.82, 2.24) is 0 Å². The van der Waals surface area contributed by atoms with Crippen LogP contribution in [0.3, 0.4) is 0 Å². The molecule has 0 aliphatic rings. The summed E-state index contributed by atoms with van der Waals surface area (Å²) < 4.78 is 5.65. The number of amidine groups is 1. The van der Waals surface area contributed by atoms with Crippen LogP contribution in [0.4, 0.5) is 0 Å². The summed E-state index contributed by atoms with van der Waals surface area (Å²) in [5.74, 6) is 0.787. The smallest absolute Gasteiger partial charge is 0.175 e. The van der Waals surface area contributed by atoms with Gasteiger partial charge < -0.3 is 15.7 Å². The normalized spacial score (nSPS) is 11.4. The van der Waals surface area contributed by atoms with Crippen LogP contribution in [-0.4, -0.2) is 11.0 Å². The number of hydrogen-bond acceptors (Lipinski definition) is 3. The molecule has 19 heavy (non-hydrogen) atoms. The lowest BCUT2D eigenvalue weighted by Gasteiger charge is -2.11. The quantitative estimate of drug-likeness (QED) is 0.391. The van der Waals surface area contributed by atoms with Gasteiger partial charge in [-0.2, -0.15) is 0 Å². The Bertz CT molecular complexity index is 630. The third-order valence-corrected chi connectivity index (χ3v) is 2.91. The van der Waals surface area contributed by atoms with Crippen molar-refractivity contribution in [3.8, 4) is 11.5 Å². The Morgan fingerprint density at radius 2 is 1.89 bits per heavy atom. The summed E-state index contributed by atoms with van der Waals surface area (Å²) in [4.78, 5) is 0. The molecule has 98 valence electrons. The molecule has 0 fully saturated rings. The maximum atomic E-state index is 8.77. The molecule has 0 aliphatic heterocycles. The van der Waals surface area contributed by atoms with Gasteiger partial charge in [0.15, 0.2) is 5.84 Å². The summed E-state index contributed by atoms with van der Waals surface area (Å²) in [6.07, 6.45) is 0. The molecule has 0 radical (unpaired) electrons. The summed E-state index contributed by atoms with van der Waals surface area (Å²) in [7, 11) is 0. The molecule has 2 aromatic carbocycles. The average Bonchev–Trinajstić information content (AvgIpc) is 2.38. The number of ether oxygens (including phenoxy) is 1. The van der Waals surface area contributed by atoms with Gasteiger partial charge in [-0.1, -0.05) is 40.5 Å². The first-order valence-electron chi connectivity index (χ1n) is 5.31. The summed E-state index contributed by atoms with van der Waals surface area (Å²) in [6.45, 7) is 0. The fourth-order valence-corrected chi connectivity index (χ4v) is 1.99. The predicted molar refractivity (Wildman–Crippen MR) is 75.5 cm³/mol. The highest BCUT2D eigenvalue weighted by atomic mass is 35.5. The number of nitrogens with two attached hydrogens (primary N) is 1. The van der Waals surface area contributed by atoms with E-state index in [9.17, 15) is 0 Å². The molecule has 0 bridgehead atoms. The van der Waals surface area contributed by atoms with Gasteiger partial charge in [-0.05, 0) is 30.3 Å². The molecular formula is C13H10Cl2N2O2. The minimum atomic E-state index is -0.123. The lowest BCUT2D eigenvalue weighted by Crippen LogP contribution is -2.14. The average molecular weight is 297 g/mol. The van der Waals surface area contributed by atoms with Crippen LogP contribution < -0.4 is 10.5 Å². The molecule has 0 saturated heterocycles. The lowest BCUT2D eigenvalue weighted by atomic mass is 10.2. The largest absolute Gasteiger partial charge is 0.456 e. The molecule has 0 heterocycles. The first-order chi connectivity index (χ1) is 9.11. The molecule has 0 aromatic heterocycles. The molecule has 2 aromatic rings. The Hall–Kier alpha value is -1.91. The second-order valence-electron chi connectivity index (χ2n) is 3.66. The van der Waals surface area contributed by atoms with Gasteiger partial charge >= 0.3 is 0 Å². The summed E-state index contributed by atoms with van der Waals surface area (Å²) in [6, 6.07) is 11.9. The van der Waals surface area contributed by atoms with Gasteiger partial charge in [-0.25, -0.2) is 0 Å². The number of oxime groups is 1. The molecule has 0 saturated carbocycles. The van der Waals surface area contributed by atoms with Crippen LogP contribution in [0.2, 0.25) is 10.0 Å². The Morgan fingerprint density at radius 1 is 1.16 bits per heavy atom. The number of benzene rings is 2. The highest BCUT2D eigenvalue weighted by Crippen LogP contribution is 2.31.